The number of fused-ring (bicyclic) bond motifs is 3. The van der Waals surface area contributed by atoms with Crippen LogP contribution in [0.15, 0.2) is 8.42 Å². The van der Waals surface area contributed by atoms with Crippen LogP contribution < -0.4 is 28.4 Å². The predicted molar refractivity (Wildman–Crippen MR) is 191 cm³/mol. The van der Waals surface area contributed by atoms with Crippen LogP contribution in [0.3, 0.4) is 0 Å². The molecule has 4 aromatic rings. The Morgan fingerprint density at radius 2 is 0.932 bits per heavy atom. The summed E-state index contributed by atoms with van der Waals surface area (Å²) in [6.45, 7) is 6.77. The van der Waals surface area contributed by atoms with E-state index in [9.17, 15) is 0 Å². The quantitative estimate of drug-likeness (QED) is 0.0840. The van der Waals surface area contributed by atoms with Gasteiger partial charge in [0.15, 0.2) is 34.5 Å². The fourth-order valence-electron chi connectivity index (χ4n) is 5.29. The third-order valence-corrected chi connectivity index (χ3v) is 15.2. The van der Waals surface area contributed by atoms with Gasteiger partial charge in [0, 0.05) is 0 Å². The van der Waals surface area contributed by atoms with Gasteiger partial charge in [-0.05, 0) is 24.3 Å². The van der Waals surface area contributed by atoms with Crippen molar-refractivity contribution in [3.8, 4) is 54.0 Å². The molecule has 0 radical (unpaired) electrons. The van der Waals surface area contributed by atoms with Crippen LogP contribution in [-0.4, -0.2) is 52.2 Å². The number of unbranched alkanes of at least 4 members (excludes halogenated alkanes) is 6. The summed E-state index contributed by atoms with van der Waals surface area (Å²) in [5, 5.41) is 0. The van der Waals surface area contributed by atoms with Gasteiger partial charge in [0.25, 0.3) is 0 Å². The molecule has 0 aromatic carbocycles. The van der Waals surface area contributed by atoms with Gasteiger partial charge in [-0.15, -0.1) is 68.9 Å². The van der Waals surface area contributed by atoms with E-state index < -0.39 is 0 Å². The molecule has 0 bridgehead atoms. The van der Waals surface area contributed by atoms with Crippen molar-refractivity contribution in [2.75, 3.05) is 52.2 Å². The molecule has 2 aliphatic rings. The maximum Gasteiger partial charge on any atom is 0.186 e. The normalized spacial score (nSPS) is 14.0. The average Bonchev–Trinajstić information content (AvgIpc) is 3.79. The Morgan fingerprint density at radius 3 is 1.32 bits per heavy atom. The number of hydrogen-bond donors (Lipinski definition) is 0. The molecule has 240 valence electrons. The van der Waals surface area contributed by atoms with Crippen LogP contribution in [0.1, 0.15) is 65.2 Å². The Bertz CT molecular complexity index is 1430. The van der Waals surface area contributed by atoms with Gasteiger partial charge in [0.05, 0.1) is 43.1 Å². The zero-order chi connectivity index (χ0) is 30.5. The Kier molecular flexibility index (Phi) is 11.4. The van der Waals surface area contributed by atoms with Crippen LogP contribution >= 0.6 is 68.9 Å². The van der Waals surface area contributed by atoms with Crippen molar-refractivity contribution < 1.29 is 28.4 Å². The third kappa shape index (κ3) is 6.53. The summed E-state index contributed by atoms with van der Waals surface area (Å²) >= 11 is 10.7. The molecular formula is C32H40O6S6. The predicted octanol–water partition coefficient (Wildman–Crippen LogP) is 11.3. The Hall–Kier alpha value is -1.44. The van der Waals surface area contributed by atoms with E-state index in [4.69, 9.17) is 28.4 Å². The van der Waals surface area contributed by atoms with Crippen molar-refractivity contribution in [3.05, 3.63) is 0 Å². The first-order valence-electron chi connectivity index (χ1n) is 15.5. The minimum atomic E-state index is 0.553. The molecule has 0 N–H and O–H groups in total. The topological polar surface area (TPSA) is 55.4 Å². The van der Waals surface area contributed by atoms with E-state index in [2.05, 4.69) is 13.8 Å². The van der Waals surface area contributed by atoms with E-state index >= 15 is 0 Å². The summed E-state index contributed by atoms with van der Waals surface area (Å²) in [4.78, 5) is 4.30. The number of ether oxygens (including phenoxy) is 6. The van der Waals surface area contributed by atoms with Gasteiger partial charge in [0.1, 0.15) is 34.8 Å². The minimum absolute atomic E-state index is 0.553. The second kappa shape index (κ2) is 15.4. The lowest BCUT2D eigenvalue weighted by Crippen LogP contribution is -2.14. The van der Waals surface area contributed by atoms with E-state index in [1.54, 1.807) is 59.6 Å². The summed E-state index contributed by atoms with van der Waals surface area (Å²) in [5.74, 6) is 7.38. The standard InChI is InChI=1S/C32H40O6S6/c1-5-7-9-11-17-39-31-21-19(35-13-15-37-21)25(43-31)27-23(33-3)29-30(41-27)24(34-4)28(42-29)26-20-22(38-16-14-36-20)32(44-26)40-18-12-10-8-6-2/h5-18H2,1-4H3. The van der Waals surface area contributed by atoms with Crippen molar-refractivity contribution >= 4 is 78.3 Å². The third-order valence-electron chi connectivity index (χ3n) is 7.46. The van der Waals surface area contributed by atoms with E-state index in [1.807, 2.05) is 23.5 Å². The second-order valence-corrected chi connectivity index (χ2v) is 17.4. The highest BCUT2D eigenvalue weighted by Gasteiger charge is 2.34. The Labute approximate surface area is 284 Å². The summed E-state index contributed by atoms with van der Waals surface area (Å²) in [6, 6.07) is 0. The van der Waals surface area contributed by atoms with Crippen molar-refractivity contribution in [1.82, 2.24) is 0 Å². The molecule has 0 unspecified atom stereocenters. The molecule has 4 aromatic heterocycles. The first-order chi connectivity index (χ1) is 21.7. The fourth-order valence-corrected chi connectivity index (χ4v) is 13.3. The van der Waals surface area contributed by atoms with Gasteiger partial charge in [-0.1, -0.05) is 52.4 Å². The second-order valence-electron chi connectivity index (χ2n) is 10.6. The molecule has 0 spiro atoms. The molecule has 6 rings (SSSR count). The van der Waals surface area contributed by atoms with Crippen molar-refractivity contribution in [2.24, 2.45) is 0 Å². The van der Waals surface area contributed by atoms with E-state index in [1.165, 1.54) is 59.8 Å². The zero-order valence-electron chi connectivity index (χ0n) is 25.8. The smallest absolute Gasteiger partial charge is 0.186 e. The van der Waals surface area contributed by atoms with Crippen LogP contribution in [-0.2, 0) is 0 Å². The van der Waals surface area contributed by atoms with Gasteiger partial charge < -0.3 is 28.4 Å². The molecular weight excluding hydrogens is 673 g/mol. The molecule has 0 saturated heterocycles. The number of thiophene rings is 4. The molecule has 44 heavy (non-hydrogen) atoms. The molecule has 12 heteroatoms. The highest BCUT2D eigenvalue weighted by molar-refractivity contribution is 8.01. The lowest BCUT2D eigenvalue weighted by atomic mass is 10.2. The van der Waals surface area contributed by atoms with Crippen LogP contribution in [0, 0.1) is 0 Å². The molecule has 0 fully saturated rings. The average molecular weight is 713 g/mol. The minimum Gasteiger partial charge on any atom is -0.494 e. The first-order valence-corrected chi connectivity index (χ1v) is 20.7. The van der Waals surface area contributed by atoms with Gasteiger partial charge in [0.2, 0.25) is 0 Å². The van der Waals surface area contributed by atoms with Crippen LogP contribution in [0.2, 0.25) is 0 Å². The van der Waals surface area contributed by atoms with Crippen LogP contribution in [0.25, 0.3) is 28.9 Å². The summed E-state index contributed by atoms with van der Waals surface area (Å²) in [5.41, 5.74) is 0. The first kappa shape index (κ1) is 32.5. The number of rotatable bonds is 16. The van der Waals surface area contributed by atoms with Crippen molar-refractivity contribution in [1.29, 1.82) is 0 Å². The van der Waals surface area contributed by atoms with Gasteiger partial charge >= 0.3 is 0 Å². The molecule has 2 aliphatic heterocycles. The molecule has 0 amide bonds. The fraction of sp³-hybridized carbons (Fsp3) is 0.562. The van der Waals surface area contributed by atoms with E-state index in [0.29, 0.717) is 26.4 Å². The number of hydrogen-bond acceptors (Lipinski definition) is 12. The summed E-state index contributed by atoms with van der Waals surface area (Å²) in [7, 11) is 3.52. The lowest BCUT2D eigenvalue weighted by molar-refractivity contribution is 0.170. The number of thioether (sulfide) groups is 2. The SMILES string of the molecule is CCCCCCSc1sc(-c2sc3c(OC)c(-c4sc(SCCCCCC)c5c4OCCO5)sc3c2OC)c2c1OCCO2. The highest BCUT2D eigenvalue weighted by Crippen LogP contribution is 2.63. The maximum absolute atomic E-state index is 6.24. The summed E-state index contributed by atoms with van der Waals surface area (Å²) in [6.07, 6.45) is 10.0. The molecule has 0 saturated carbocycles. The molecule has 6 nitrogen and oxygen atoms in total. The molecule has 0 aliphatic carbocycles. The van der Waals surface area contributed by atoms with Gasteiger partial charge in [-0.2, -0.15) is 0 Å². The van der Waals surface area contributed by atoms with E-state index in [0.717, 1.165) is 74.9 Å². The Balaban J connectivity index is 1.35. The Morgan fingerprint density at radius 1 is 0.523 bits per heavy atom. The highest BCUT2D eigenvalue weighted by atomic mass is 32.2. The van der Waals surface area contributed by atoms with Crippen molar-refractivity contribution in [3.63, 3.8) is 0 Å². The molecule has 0 atom stereocenters. The van der Waals surface area contributed by atoms with Crippen LogP contribution in [0.4, 0.5) is 0 Å². The lowest BCUT2D eigenvalue weighted by Gasteiger charge is -2.17. The maximum atomic E-state index is 6.24. The van der Waals surface area contributed by atoms with Gasteiger partial charge in [-0.3, -0.25) is 0 Å². The monoisotopic (exact) mass is 712 g/mol. The van der Waals surface area contributed by atoms with Crippen molar-refractivity contribution in [2.45, 2.75) is 73.6 Å². The van der Waals surface area contributed by atoms with Gasteiger partial charge in [-0.25, -0.2) is 0 Å². The summed E-state index contributed by atoms with van der Waals surface area (Å²) < 4.78 is 41.7. The van der Waals surface area contributed by atoms with E-state index in [-0.39, 0.29) is 0 Å². The number of methoxy groups -OCH3 is 2. The van der Waals surface area contributed by atoms with Crippen LogP contribution in [0.5, 0.6) is 34.5 Å². The largest absolute Gasteiger partial charge is 0.494 e. The zero-order valence-corrected chi connectivity index (χ0v) is 30.7. The molecule has 6 heterocycles.